The SMILES string of the molecule is CCOC(OCC)[SiH2]CCCOC[C@H]1CO1. The lowest BCUT2D eigenvalue weighted by atomic mass is 10.5. The van der Waals surface area contributed by atoms with Crippen LogP contribution in [0.4, 0.5) is 0 Å². The smallest absolute Gasteiger partial charge is 0.134 e. The fraction of sp³-hybridized carbons (Fsp3) is 1.00. The van der Waals surface area contributed by atoms with Crippen LogP contribution in [-0.2, 0) is 18.9 Å². The fourth-order valence-electron chi connectivity index (χ4n) is 1.48. The molecule has 1 aliphatic rings. The van der Waals surface area contributed by atoms with Gasteiger partial charge in [0.15, 0.2) is 0 Å². The maximum atomic E-state index is 5.52. The molecular formula is C11H24O4Si. The highest BCUT2D eigenvalue weighted by Gasteiger charge is 2.21. The first-order valence-corrected chi connectivity index (χ1v) is 8.11. The van der Waals surface area contributed by atoms with Gasteiger partial charge in [-0.15, -0.1) is 0 Å². The van der Waals surface area contributed by atoms with Gasteiger partial charge in [-0.2, -0.15) is 0 Å². The quantitative estimate of drug-likeness (QED) is 0.234. The van der Waals surface area contributed by atoms with E-state index < -0.39 is 0 Å². The van der Waals surface area contributed by atoms with Crippen LogP contribution < -0.4 is 0 Å². The van der Waals surface area contributed by atoms with E-state index in [1.54, 1.807) is 0 Å². The summed E-state index contributed by atoms with van der Waals surface area (Å²) in [5.74, 6) is 0.0989. The highest BCUT2D eigenvalue weighted by molar-refractivity contribution is 6.36. The molecule has 1 heterocycles. The first kappa shape index (κ1) is 14.1. The monoisotopic (exact) mass is 248 g/mol. The van der Waals surface area contributed by atoms with Gasteiger partial charge in [0, 0.05) is 19.8 Å². The van der Waals surface area contributed by atoms with Crippen molar-refractivity contribution in [2.45, 2.75) is 38.3 Å². The van der Waals surface area contributed by atoms with Crippen molar-refractivity contribution >= 4 is 9.52 Å². The van der Waals surface area contributed by atoms with Crippen LogP contribution in [0.1, 0.15) is 20.3 Å². The van der Waals surface area contributed by atoms with E-state index in [4.69, 9.17) is 18.9 Å². The van der Waals surface area contributed by atoms with Crippen molar-refractivity contribution in [1.82, 2.24) is 0 Å². The number of ether oxygens (including phenoxy) is 4. The Bertz CT molecular complexity index is 158. The molecule has 1 rings (SSSR count). The second kappa shape index (κ2) is 9.12. The molecule has 0 aromatic rings. The van der Waals surface area contributed by atoms with Crippen LogP contribution in [-0.4, -0.2) is 54.6 Å². The van der Waals surface area contributed by atoms with E-state index in [-0.39, 0.29) is 15.4 Å². The second-order valence-corrected chi connectivity index (χ2v) is 5.82. The zero-order valence-electron chi connectivity index (χ0n) is 10.4. The van der Waals surface area contributed by atoms with Gasteiger partial charge in [0.25, 0.3) is 0 Å². The molecule has 1 aliphatic heterocycles. The molecule has 1 atom stereocenters. The Kier molecular flexibility index (Phi) is 8.05. The topological polar surface area (TPSA) is 40.2 Å². The summed E-state index contributed by atoms with van der Waals surface area (Å²) in [6.07, 6.45) is 1.51. The first-order valence-electron chi connectivity index (χ1n) is 6.29. The number of hydrogen-bond acceptors (Lipinski definition) is 4. The number of rotatable bonds is 11. The minimum Gasteiger partial charge on any atom is -0.379 e. The maximum absolute atomic E-state index is 5.52. The van der Waals surface area contributed by atoms with Crippen molar-refractivity contribution in [2.24, 2.45) is 0 Å². The van der Waals surface area contributed by atoms with Crippen LogP contribution in [0, 0.1) is 0 Å². The fourth-order valence-corrected chi connectivity index (χ4v) is 3.11. The predicted octanol–water partition coefficient (Wildman–Crippen LogP) is 0.736. The molecule has 1 fully saturated rings. The molecule has 4 nitrogen and oxygen atoms in total. The summed E-state index contributed by atoms with van der Waals surface area (Å²) < 4.78 is 21.6. The Morgan fingerprint density at radius 2 is 2.00 bits per heavy atom. The highest BCUT2D eigenvalue weighted by Crippen LogP contribution is 2.08. The molecule has 0 saturated carbocycles. The maximum Gasteiger partial charge on any atom is 0.134 e. The Balaban J connectivity index is 1.85. The van der Waals surface area contributed by atoms with Gasteiger partial charge in [-0.05, 0) is 20.3 Å². The molecule has 0 amide bonds. The van der Waals surface area contributed by atoms with Crippen LogP contribution in [0.15, 0.2) is 0 Å². The average Bonchev–Trinajstić information content (AvgIpc) is 3.07. The van der Waals surface area contributed by atoms with Gasteiger partial charge in [0.1, 0.15) is 12.0 Å². The van der Waals surface area contributed by atoms with Crippen LogP contribution in [0.5, 0.6) is 0 Å². The van der Waals surface area contributed by atoms with Crippen LogP contribution in [0.2, 0.25) is 6.04 Å². The highest BCUT2D eigenvalue weighted by atomic mass is 28.2. The van der Waals surface area contributed by atoms with Crippen LogP contribution in [0.25, 0.3) is 0 Å². The molecule has 1 saturated heterocycles. The van der Waals surface area contributed by atoms with Crippen molar-refractivity contribution in [3.05, 3.63) is 0 Å². The van der Waals surface area contributed by atoms with E-state index in [0.29, 0.717) is 6.10 Å². The number of hydrogen-bond donors (Lipinski definition) is 0. The molecule has 0 aromatic heterocycles. The molecular weight excluding hydrogens is 224 g/mol. The average molecular weight is 248 g/mol. The molecule has 0 bridgehead atoms. The lowest BCUT2D eigenvalue weighted by Gasteiger charge is -2.16. The Hall–Kier alpha value is 0.0569. The molecule has 0 spiro atoms. The third-order valence-corrected chi connectivity index (χ3v) is 4.24. The van der Waals surface area contributed by atoms with Gasteiger partial charge in [-0.1, -0.05) is 6.04 Å². The Morgan fingerprint density at radius 3 is 2.56 bits per heavy atom. The summed E-state index contributed by atoms with van der Waals surface area (Å²) in [7, 11) is -0.284. The molecule has 16 heavy (non-hydrogen) atoms. The summed E-state index contributed by atoms with van der Waals surface area (Å²) in [5.41, 5.74) is 0. The van der Waals surface area contributed by atoms with Crippen LogP contribution >= 0.6 is 0 Å². The van der Waals surface area contributed by atoms with E-state index in [9.17, 15) is 0 Å². The molecule has 0 N–H and O–H groups in total. The Labute approximate surface area is 100 Å². The third kappa shape index (κ3) is 7.35. The number of epoxide rings is 1. The minimum atomic E-state index is -0.284. The van der Waals surface area contributed by atoms with Crippen molar-refractivity contribution in [3.63, 3.8) is 0 Å². The summed E-state index contributed by atoms with van der Waals surface area (Å²) in [5, 5.41) is 0. The molecule has 5 heteroatoms. The van der Waals surface area contributed by atoms with Crippen LogP contribution in [0.3, 0.4) is 0 Å². The lowest BCUT2D eigenvalue weighted by Crippen LogP contribution is -2.24. The third-order valence-electron chi connectivity index (χ3n) is 2.39. The predicted molar refractivity (Wildman–Crippen MR) is 65.6 cm³/mol. The van der Waals surface area contributed by atoms with Gasteiger partial charge in [0.2, 0.25) is 0 Å². The molecule has 0 radical (unpaired) electrons. The van der Waals surface area contributed by atoms with Crippen molar-refractivity contribution in [2.75, 3.05) is 33.0 Å². The minimum absolute atomic E-state index is 0.0989. The molecule has 96 valence electrons. The Morgan fingerprint density at radius 1 is 1.31 bits per heavy atom. The van der Waals surface area contributed by atoms with Crippen molar-refractivity contribution < 1.29 is 18.9 Å². The normalized spacial score (nSPS) is 20.1. The summed E-state index contributed by atoms with van der Waals surface area (Å²) in [4.78, 5) is 0. The zero-order valence-corrected chi connectivity index (χ0v) is 11.9. The first-order chi connectivity index (χ1) is 7.86. The second-order valence-electron chi connectivity index (χ2n) is 3.87. The van der Waals surface area contributed by atoms with E-state index >= 15 is 0 Å². The van der Waals surface area contributed by atoms with Crippen molar-refractivity contribution in [3.8, 4) is 0 Å². The summed E-state index contributed by atoms with van der Waals surface area (Å²) in [6.45, 7) is 8.00. The van der Waals surface area contributed by atoms with E-state index in [2.05, 4.69) is 0 Å². The zero-order chi connectivity index (χ0) is 11.6. The van der Waals surface area contributed by atoms with E-state index in [0.717, 1.165) is 39.5 Å². The molecule has 0 aliphatic carbocycles. The summed E-state index contributed by atoms with van der Waals surface area (Å²) >= 11 is 0. The van der Waals surface area contributed by atoms with Crippen molar-refractivity contribution in [1.29, 1.82) is 0 Å². The van der Waals surface area contributed by atoms with Gasteiger partial charge in [-0.3, -0.25) is 0 Å². The van der Waals surface area contributed by atoms with E-state index in [1.165, 1.54) is 6.04 Å². The molecule has 0 unspecified atom stereocenters. The standard InChI is InChI=1S/C11H24O4Si/c1-3-13-11(14-4-2)16-7-5-6-12-8-10-9-15-10/h10-11H,3-9,16H2,1-2H3/t10-/m0/s1. The van der Waals surface area contributed by atoms with Gasteiger partial charge >= 0.3 is 0 Å². The summed E-state index contributed by atoms with van der Waals surface area (Å²) in [6, 6.07) is 1.22. The van der Waals surface area contributed by atoms with Gasteiger partial charge in [-0.25, -0.2) is 0 Å². The van der Waals surface area contributed by atoms with Gasteiger partial charge < -0.3 is 18.9 Å². The van der Waals surface area contributed by atoms with Gasteiger partial charge in [0.05, 0.1) is 22.7 Å². The molecule has 0 aromatic carbocycles. The largest absolute Gasteiger partial charge is 0.379 e. The van der Waals surface area contributed by atoms with E-state index in [1.807, 2.05) is 13.8 Å². The lowest BCUT2D eigenvalue weighted by molar-refractivity contribution is -0.0828.